The predicted octanol–water partition coefficient (Wildman–Crippen LogP) is 4.39. The zero-order valence-corrected chi connectivity index (χ0v) is 18.5. The SMILES string of the molecule is O=C(c1cccc([N+](=O)[O-])c1)N(CCc1nc(-c2ccc3c(c2)OCO3)no1)C1CCCCC1. The summed E-state index contributed by atoms with van der Waals surface area (Å²) in [6.45, 7) is 0.570. The second-order valence-corrected chi connectivity index (χ2v) is 8.43. The fourth-order valence-electron chi connectivity index (χ4n) is 4.49. The van der Waals surface area contributed by atoms with E-state index in [-0.39, 0.29) is 24.4 Å². The average Bonchev–Trinajstić information content (AvgIpc) is 3.54. The molecule has 1 fully saturated rings. The molecule has 0 atom stereocenters. The van der Waals surface area contributed by atoms with Gasteiger partial charge < -0.3 is 18.9 Å². The number of carbonyl (C=O) groups excluding carboxylic acids is 1. The largest absolute Gasteiger partial charge is 0.454 e. The van der Waals surface area contributed by atoms with Gasteiger partial charge in [0, 0.05) is 42.3 Å². The lowest BCUT2D eigenvalue weighted by molar-refractivity contribution is -0.384. The van der Waals surface area contributed by atoms with Gasteiger partial charge in [0.1, 0.15) is 0 Å². The Morgan fingerprint density at radius 3 is 2.74 bits per heavy atom. The van der Waals surface area contributed by atoms with Crippen molar-refractivity contribution in [1.82, 2.24) is 15.0 Å². The summed E-state index contributed by atoms with van der Waals surface area (Å²) in [6.07, 6.45) is 5.46. The molecule has 2 aliphatic rings. The summed E-state index contributed by atoms with van der Waals surface area (Å²) in [5, 5.41) is 15.3. The number of hydrogen-bond acceptors (Lipinski definition) is 8. The van der Waals surface area contributed by atoms with E-state index in [1.807, 2.05) is 11.0 Å². The van der Waals surface area contributed by atoms with Crippen molar-refractivity contribution >= 4 is 11.6 Å². The zero-order chi connectivity index (χ0) is 23.5. The van der Waals surface area contributed by atoms with E-state index < -0.39 is 4.92 Å². The van der Waals surface area contributed by atoms with Crippen LogP contribution in [0, 0.1) is 10.1 Å². The molecule has 34 heavy (non-hydrogen) atoms. The molecule has 0 radical (unpaired) electrons. The maximum absolute atomic E-state index is 13.4. The van der Waals surface area contributed by atoms with E-state index in [1.165, 1.54) is 12.1 Å². The molecular formula is C24H24N4O6. The van der Waals surface area contributed by atoms with E-state index in [2.05, 4.69) is 10.1 Å². The molecular weight excluding hydrogens is 440 g/mol. The van der Waals surface area contributed by atoms with E-state index in [0.717, 1.165) is 37.7 Å². The molecule has 5 rings (SSSR count). The Morgan fingerprint density at radius 1 is 1.09 bits per heavy atom. The van der Waals surface area contributed by atoms with Crippen molar-refractivity contribution in [1.29, 1.82) is 0 Å². The molecule has 1 amide bonds. The van der Waals surface area contributed by atoms with Gasteiger partial charge in [0.25, 0.3) is 11.6 Å². The number of nitrogens with zero attached hydrogens (tertiary/aromatic N) is 4. The van der Waals surface area contributed by atoms with Gasteiger partial charge in [-0.15, -0.1) is 0 Å². The summed E-state index contributed by atoms with van der Waals surface area (Å²) in [6, 6.07) is 11.4. The number of hydrogen-bond donors (Lipinski definition) is 0. The van der Waals surface area contributed by atoms with Gasteiger partial charge in [-0.3, -0.25) is 14.9 Å². The van der Waals surface area contributed by atoms with Crippen LogP contribution in [0.2, 0.25) is 0 Å². The molecule has 2 aromatic carbocycles. The lowest BCUT2D eigenvalue weighted by Crippen LogP contribution is -2.42. The molecule has 0 N–H and O–H groups in total. The highest BCUT2D eigenvalue weighted by Crippen LogP contribution is 2.35. The van der Waals surface area contributed by atoms with Crippen molar-refractivity contribution in [3.8, 4) is 22.9 Å². The van der Waals surface area contributed by atoms with Gasteiger partial charge in [-0.05, 0) is 37.1 Å². The molecule has 1 aliphatic heterocycles. The Bertz CT molecular complexity index is 1200. The maximum atomic E-state index is 13.4. The van der Waals surface area contributed by atoms with Crippen LogP contribution in [0.4, 0.5) is 5.69 Å². The van der Waals surface area contributed by atoms with E-state index in [4.69, 9.17) is 14.0 Å². The third-order valence-electron chi connectivity index (χ3n) is 6.25. The normalized spacial score (nSPS) is 15.3. The topological polar surface area (TPSA) is 121 Å². The Morgan fingerprint density at radius 2 is 1.91 bits per heavy atom. The Labute approximate surface area is 195 Å². The van der Waals surface area contributed by atoms with Crippen LogP contribution in [0.1, 0.15) is 48.4 Å². The zero-order valence-electron chi connectivity index (χ0n) is 18.5. The second-order valence-electron chi connectivity index (χ2n) is 8.43. The molecule has 3 aromatic rings. The summed E-state index contributed by atoms with van der Waals surface area (Å²) in [5.41, 5.74) is 0.960. The first-order chi connectivity index (χ1) is 16.6. The lowest BCUT2D eigenvalue weighted by Gasteiger charge is -2.34. The van der Waals surface area contributed by atoms with Gasteiger partial charge in [-0.1, -0.05) is 30.5 Å². The number of ether oxygens (including phenoxy) is 2. The third kappa shape index (κ3) is 4.57. The van der Waals surface area contributed by atoms with Gasteiger partial charge >= 0.3 is 0 Å². The number of rotatable bonds is 7. The molecule has 2 heterocycles. The number of amides is 1. The minimum Gasteiger partial charge on any atom is -0.454 e. The quantitative estimate of drug-likeness (QED) is 0.373. The number of benzene rings is 2. The summed E-state index contributed by atoms with van der Waals surface area (Å²) in [7, 11) is 0. The molecule has 0 bridgehead atoms. The highest BCUT2D eigenvalue weighted by atomic mass is 16.7. The monoisotopic (exact) mass is 464 g/mol. The molecule has 1 aromatic heterocycles. The summed E-state index contributed by atoms with van der Waals surface area (Å²) < 4.78 is 16.2. The molecule has 0 saturated heterocycles. The Balaban J connectivity index is 1.33. The second kappa shape index (κ2) is 9.50. The molecule has 10 heteroatoms. The van der Waals surface area contributed by atoms with Crippen molar-refractivity contribution in [3.05, 3.63) is 64.0 Å². The average molecular weight is 464 g/mol. The predicted molar refractivity (Wildman–Crippen MR) is 121 cm³/mol. The van der Waals surface area contributed by atoms with Gasteiger partial charge in [0.05, 0.1) is 4.92 Å². The number of carbonyl (C=O) groups is 1. The molecule has 1 saturated carbocycles. The van der Waals surface area contributed by atoms with Crippen LogP contribution in [0.15, 0.2) is 47.0 Å². The lowest BCUT2D eigenvalue weighted by atomic mass is 9.93. The number of aromatic nitrogens is 2. The van der Waals surface area contributed by atoms with Crippen molar-refractivity contribution in [2.45, 2.75) is 44.6 Å². The maximum Gasteiger partial charge on any atom is 0.270 e. The van der Waals surface area contributed by atoms with E-state index >= 15 is 0 Å². The highest BCUT2D eigenvalue weighted by Gasteiger charge is 2.28. The fraction of sp³-hybridized carbons (Fsp3) is 0.375. The van der Waals surface area contributed by atoms with Gasteiger partial charge in [-0.2, -0.15) is 4.98 Å². The first-order valence-corrected chi connectivity index (χ1v) is 11.4. The van der Waals surface area contributed by atoms with E-state index in [9.17, 15) is 14.9 Å². The summed E-state index contributed by atoms with van der Waals surface area (Å²) in [4.78, 5) is 30.4. The van der Waals surface area contributed by atoms with Crippen LogP contribution in [0.5, 0.6) is 11.5 Å². The van der Waals surface area contributed by atoms with Crippen LogP contribution in [0.3, 0.4) is 0 Å². The molecule has 176 valence electrons. The fourth-order valence-corrected chi connectivity index (χ4v) is 4.49. The van der Waals surface area contributed by atoms with Crippen molar-refractivity contribution < 1.29 is 23.7 Å². The molecule has 10 nitrogen and oxygen atoms in total. The van der Waals surface area contributed by atoms with Crippen LogP contribution < -0.4 is 9.47 Å². The van der Waals surface area contributed by atoms with E-state index in [1.54, 1.807) is 24.3 Å². The van der Waals surface area contributed by atoms with Crippen LogP contribution in [0.25, 0.3) is 11.4 Å². The number of fused-ring (bicyclic) bond motifs is 1. The van der Waals surface area contributed by atoms with Crippen molar-refractivity contribution in [2.75, 3.05) is 13.3 Å². The minimum absolute atomic E-state index is 0.0803. The Kier molecular flexibility index (Phi) is 6.11. The first kappa shape index (κ1) is 21.9. The Hall–Kier alpha value is -3.95. The molecule has 0 unspecified atom stereocenters. The number of nitro groups is 1. The van der Waals surface area contributed by atoms with E-state index in [0.29, 0.717) is 41.7 Å². The summed E-state index contributed by atoms with van der Waals surface area (Å²) >= 11 is 0. The van der Waals surface area contributed by atoms with Crippen LogP contribution in [-0.4, -0.2) is 45.3 Å². The highest BCUT2D eigenvalue weighted by molar-refractivity contribution is 5.95. The standard InChI is InChI=1S/C24H24N4O6/c29-24(17-5-4-8-19(13-17)28(30)31)27(18-6-2-1-3-7-18)12-11-22-25-23(26-34-22)16-9-10-20-21(14-16)33-15-32-20/h4-5,8-10,13-14,18H,1-3,6-7,11-12,15H2. The van der Waals surface area contributed by atoms with Crippen LogP contribution >= 0.6 is 0 Å². The number of nitro benzene ring substituents is 1. The van der Waals surface area contributed by atoms with Crippen LogP contribution in [-0.2, 0) is 6.42 Å². The molecule has 1 aliphatic carbocycles. The smallest absolute Gasteiger partial charge is 0.270 e. The molecule has 0 spiro atoms. The first-order valence-electron chi connectivity index (χ1n) is 11.4. The third-order valence-corrected chi connectivity index (χ3v) is 6.25. The van der Waals surface area contributed by atoms with Gasteiger partial charge in [0.2, 0.25) is 18.5 Å². The van der Waals surface area contributed by atoms with Crippen molar-refractivity contribution in [2.24, 2.45) is 0 Å². The van der Waals surface area contributed by atoms with Gasteiger partial charge in [0.15, 0.2) is 11.5 Å². The van der Waals surface area contributed by atoms with Crippen molar-refractivity contribution in [3.63, 3.8) is 0 Å². The minimum atomic E-state index is -0.488. The van der Waals surface area contributed by atoms with Gasteiger partial charge in [-0.25, -0.2) is 0 Å². The number of non-ortho nitro benzene ring substituents is 1. The summed E-state index contributed by atoms with van der Waals surface area (Å²) in [5.74, 6) is 1.94.